The number of rotatable bonds is 9. The fourth-order valence-electron chi connectivity index (χ4n) is 4.09. The Morgan fingerprint density at radius 3 is 2.76 bits per heavy atom. The van der Waals surface area contributed by atoms with Crippen LogP contribution in [0.4, 0.5) is 0 Å². The summed E-state index contributed by atoms with van der Waals surface area (Å²) in [6.07, 6.45) is 10.6. The van der Waals surface area contributed by atoms with E-state index in [0.29, 0.717) is 22.7 Å². The zero-order valence-corrected chi connectivity index (χ0v) is 19.0. The Hall–Kier alpha value is -3.79. The number of carbonyl (C=O) groups excluding carboxylic acids is 2. The minimum atomic E-state index is -0.601. The van der Waals surface area contributed by atoms with Crippen molar-refractivity contribution in [2.45, 2.75) is 27.2 Å². The van der Waals surface area contributed by atoms with Crippen LogP contribution in [-0.4, -0.2) is 63.1 Å². The fraction of sp³-hybridized carbons (Fsp3) is 0.348. The fourth-order valence-corrected chi connectivity index (χ4v) is 4.09. The van der Waals surface area contributed by atoms with E-state index in [4.69, 9.17) is 0 Å². The molecule has 1 unspecified atom stereocenters. The number of hydrogen-bond donors (Lipinski definition) is 4. The Morgan fingerprint density at radius 1 is 1.27 bits per heavy atom. The van der Waals surface area contributed by atoms with Gasteiger partial charge in [0.25, 0.3) is 5.91 Å². The Labute approximate surface area is 192 Å². The van der Waals surface area contributed by atoms with Crippen LogP contribution in [0.1, 0.15) is 47.0 Å². The average molecular weight is 449 g/mol. The number of H-pyrrole nitrogens is 2. The first-order valence-electron chi connectivity index (χ1n) is 11.1. The normalized spacial score (nSPS) is 18.7. The first-order chi connectivity index (χ1) is 16.0. The van der Waals surface area contributed by atoms with Crippen LogP contribution in [0.15, 0.2) is 40.6 Å². The van der Waals surface area contributed by atoms with Gasteiger partial charge in [0.1, 0.15) is 5.92 Å². The number of aromatic nitrogens is 3. The second-order valence-corrected chi connectivity index (χ2v) is 7.83. The molecule has 0 fully saturated rings. The van der Waals surface area contributed by atoms with Crippen molar-refractivity contribution >= 4 is 29.7 Å². The third-order valence-corrected chi connectivity index (χ3v) is 5.93. The summed E-state index contributed by atoms with van der Waals surface area (Å²) in [7, 11) is 0. The van der Waals surface area contributed by atoms with Crippen LogP contribution in [0.5, 0.6) is 0 Å². The number of aromatic amines is 2. The lowest BCUT2D eigenvalue weighted by molar-refractivity contribution is -0.120. The highest BCUT2D eigenvalue weighted by Crippen LogP contribution is 2.26. The molecule has 10 heteroatoms. The number of nitrogens with zero attached hydrogens (tertiary/aromatic N) is 4. The van der Waals surface area contributed by atoms with Gasteiger partial charge in [0.15, 0.2) is 5.82 Å². The van der Waals surface area contributed by atoms with Crippen molar-refractivity contribution in [3.63, 3.8) is 0 Å². The molecule has 0 aliphatic carbocycles. The van der Waals surface area contributed by atoms with E-state index < -0.39 is 5.92 Å². The number of nitrogens with one attached hydrogen (secondary N) is 4. The minimum Gasteiger partial charge on any atom is -0.359 e. The molecule has 0 aromatic carbocycles. The lowest BCUT2D eigenvalue weighted by Crippen LogP contribution is -2.32. The van der Waals surface area contributed by atoms with E-state index in [1.54, 1.807) is 24.8 Å². The summed E-state index contributed by atoms with van der Waals surface area (Å²) in [5, 5.41) is 7.01. The summed E-state index contributed by atoms with van der Waals surface area (Å²) in [5.74, 6) is -0.747. The number of likely N-dealkylation sites (N-methyl/N-ethyl adjacent to an activating group) is 1. The molecule has 1 atom stereocenters. The second kappa shape index (κ2) is 9.78. The van der Waals surface area contributed by atoms with Gasteiger partial charge in [-0.25, -0.2) is 10.4 Å². The Morgan fingerprint density at radius 2 is 2.09 bits per heavy atom. The molecule has 2 aliphatic rings. The zero-order valence-electron chi connectivity index (χ0n) is 19.0. The van der Waals surface area contributed by atoms with E-state index in [-0.39, 0.29) is 17.5 Å². The number of aryl methyl sites for hydroxylation is 1. The van der Waals surface area contributed by atoms with Gasteiger partial charge in [-0.2, -0.15) is 5.10 Å². The Bertz CT molecular complexity index is 1150. The number of amides is 1. The monoisotopic (exact) mass is 448 g/mol. The lowest BCUT2D eigenvalue weighted by atomic mass is 9.97. The molecule has 4 rings (SSSR count). The number of carbonyl (C=O) groups is 2. The number of aliphatic imine (C=N–C) groups is 1. The maximum atomic E-state index is 13.5. The summed E-state index contributed by atoms with van der Waals surface area (Å²) in [5.41, 5.74) is 6.69. The van der Waals surface area contributed by atoms with Crippen LogP contribution in [0.2, 0.25) is 0 Å². The number of imidazole rings is 1. The van der Waals surface area contributed by atoms with Gasteiger partial charge in [-0.1, -0.05) is 13.8 Å². The summed E-state index contributed by atoms with van der Waals surface area (Å²) in [6.45, 7) is 8.96. The molecule has 0 spiro atoms. The lowest BCUT2D eigenvalue weighted by Gasteiger charge is -2.18. The van der Waals surface area contributed by atoms with E-state index in [0.717, 1.165) is 37.3 Å². The van der Waals surface area contributed by atoms with Crippen molar-refractivity contribution in [2.24, 2.45) is 16.0 Å². The van der Waals surface area contributed by atoms with E-state index >= 15 is 0 Å². The van der Waals surface area contributed by atoms with Gasteiger partial charge in [-0.05, 0) is 38.1 Å². The maximum Gasteiger partial charge on any atom is 0.254 e. The van der Waals surface area contributed by atoms with Gasteiger partial charge in [0, 0.05) is 43.2 Å². The van der Waals surface area contributed by atoms with E-state index in [2.05, 4.69) is 54.5 Å². The second-order valence-electron chi connectivity index (χ2n) is 7.83. The van der Waals surface area contributed by atoms with Crippen molar-refractivity contribution in [1.82, 2.24) is 30.6 Å². The van der Waals surface area contributed by atoms with Gasteiger partial charge < -0.3 is 20.2 Å². The number of hydrazone groups is 1. The molecule has 0 saturated carbocycles. The number of ketones is 1. The van der Waals surface area contributed by atoms with Crippen molar-refractivity contribution in [1.29, 1.82) is 0 Å². The molecule has 0 radical (unpaired) electrons. The van der Waals surface area contributed by atoms with Crippen LogP contribution in [0, 0.1) is 12.8 Å². The molecule has 33 heavy (non-hydrogen) atoms. The zero-order chi connectivity index (χ0) is 23.4. The van der Waals surface area contributed by atoms with E-state index in [1.807, 2.05) is 13.0 Å². The average Bonchev–Trinajstić information content (AvgIpc) is 3.56. The van der Waals surface area contributed by atoms with Crippen molar-refractivity contribution in [2.75, 3.05) is 19.6 Å². The highest BCUT2D eigenvalue weighted by Gasteiger charge is 2.30. The van der Waals surface area contributed by atoms with Gasteiger partial charge >= 0.3 is 0 Å². The van der Waals surface area contributed by atoms with Gasteiger partial charge in [0.05, 0.1) is 22.7 Å². The molecule has 4 N–H and O–H groups in total. The Kier molecular flexibility index (Phi) is 6.64. The highest BCUT2D eigenvalue weighted by molar-refractivity contribution is 6.25. The minimum absolute atomic E-state index is 0.184. The van der Waals surface area contributed by atoms with Gasteiger partial charge in [-0.15, -0.1) is 0 Å². The molecule has 172 valence electrons. The van der Waals surface area contributed by atoms with E-state index in [1.165, 1.54) is 6.21 Å². The van der Waals surface area contributed by atoms with Crippen LogP contribution >= 0.6 is 0 Å². The summed E-state index contributed by atoms with van der Waals surface area (Å²) in [6, 6.07) is 0. The van der Waals surface area contributed by atoms with Gasteiger partial charge in [-0.3, -0.25) is 14.6 Å². The summed E-state index contributed by atoms with van der Waals surface area (Å²) < 4.78 is 0. The largest absolute Gasteiger partial charge is 0.359 e. The maximum absolute atomic E-state index is 13.5. The van der Waals surface area contributed by atoms with Crippen LogP contribution in [0.3, 0.4) is 0 Å². The quantitative estimate of drug-likeness (QED) is 0.434. The first kappa shape index (κ1) is 22.4. The van der Waals surface area contributed by atoms with E-state index in [9.17, 15) is 9.59 Å². The molecular formula is C23H28N8O2. The molecule has 2 aliphatic heterocycles. The van der Waals surface area contributed by atoms with Crippen LogP contribution < -0.4 is 10.7 Å². The third-order valence-electron chi connectivity index (χ3n) is 5.93. The molecule has 1 amide bonds. The first-order valence-corrected chi connectivity index (χ1v) is 11.1. The molecule has 2 aromatic heterocycles. The highest BCUT2D eigenvalue weighted by atomic mass is 16.2. The van der Waals surface area contributed by atoms with Crippen molar-refractivity contribution in [3.8, 4) is 0 Å². The molecular weight excluding hydrogens is 420 g/mol. The molecule has 4 heterocycles. The number of hydrogen-bond acceptors (Lipinski definition) is 7. The van der Waals surface area contributed by atoms with Gasteiger partial charge in [0.2, 0.25) is 5.78 Å². The molecule has 0 saturated heterocycles. The Balaban J connectivity index is 1.76. The predicted octanol–water partition coefficient (Wildman–Crippen LogP) is 1.75. The molecule has 2 aromatic rings. The van der Waals surface area contributed by atoms with Crippen LogP contribution in [-0.2, 0) is 11.2 Å². The topological polar surface area (TPSA) is 131 Å². The summed E-state index contributed by atoms with van der Waals surface area (Å²) in [4.78, 5) is 42.9. The summed E-state index contributed by atoms with van der Waals surface area (Å²) >= 11 is 0. The van der Waals surface area contributed by atoms with Crippen molar-refractivity contribution < 1.29 is 9.59 Å². The molecule has 10 nitrogen and oxygen atoms in total. The SMILES string of the molecule is CCN(CC)CCc1c(C)[nH]c(C=C2NC=CN=C2C2C=NNC2=O)c1C(=O)c1ncc[nH]1. The molecule has 0 bridgehead atoms. The third kappa shape index (κ3) is 4.56. The predicted molar refractivity (Wildman–Crippen MR) is 127 cm³/mol. The number of allylic oxidation sites excluding steroid dienone is 1. The van der Waals surface area contributed by atoms with Crippen LogP contribution in [0.25, 0.3) is 6.08 Å². The van der Waals surface area contributed by atoms with Crippen molar-refractivity contribution in [3.05, 3.63) is 58.8 Å². The smallest absolute Gasteiger partial charge is 0.254 e. The standard InChI is InChI=1S/C23H28N8O2/c1-4-31(5-2)11-6-15-14(3)29-17(19(15)21(32)22-26-9-10-27-22)12-18-20(25-8-7-24-18)16-13-28-30-23(16)33/h7-10,12-13,16,24,29H,4-6,11H2,1-3H3,(H,26,27)(H,30,33).